The maximum Gasteiger partial charge on any atom is 0.493 e. The van der Waals surface area contributed by atoms with Gasteiger partial charge >= 0.3 is 7.12 Å². The van der Waals surface area contributed by atoms with Crippen molar-refractivity contribution in [2.24, 2.45) is 0 Å². The molecule has 0 aliphatic carbocycles. The molecule has 1 saturated heterocycles. The van der Waals surface area contributed by atoms with Crippen LogP contribution in [0.1, 0.15) is 27.7 Å². The van der Waals surface area contributed by atoms with Crippen LogP contribution >= 0.6 is 0 Å². The van der Waals surface area contributed by atoms with E-state index in [0.29, 0.717) is 11.4 Å². The summed E-state index contributed by atoms with van der Waals surface area (Å²) in [5.74, 6) is 0. The third-order valence-electron chi connectivity index (χ3n) is 3.77. The summed E-state index contributed by atoms with van der Waals surface area (Å²) in [6.07, 6.45) is 0. The van der Waals surface area contributed by atoms with E-state index in [1.165, 1.54) is 0 Å². The van der Waals surface area contributed by atoms with E-state index < -0.39 is 18.3 Å². The minimum Gasteiger partial charge on any atom is -0.399 e. The highest BCUT2D eigenvalue weighted by Crippen LogP contribution is 2.37. The van der Waals surface area contributed by atoms with Crippen molar-refractivity contribution in [1.82, 2.24) is 0 Å². The third kappa shape index (κ3) is 2.23. The molecule has 0 atom stereocenters. The Bertz CT molecular complexity index is 580. The topological polar surface area (TPSA) is 27.2 Å². The van der Waals surface area contributed by atoms with Gasteiger partial charge < -0.3 is 9.31 Å². The molecule has 2 rings (SSSR count). The molecular weight excluding hydrogens is 239 g/mol. The minimum atomic E-state index is -0.495. The van der Waals surface area contributed by atoms with Crippen LogP contribution in [0, 0.1) is 13.1 Å². The van der Waals surface area contributed by atoms with Gasteiger partial charge in [-0.15, -0.1) is 0 Å². The Kier molecular flexibility index (Phi) is 3.14. The van der Waals surface area contributed by atoms with Gasteiger partial charge in [-0.2, -0.15) is 0 Å². The predicted molar refractivity (Wildman–Crippen MR) is 74.7 cm³/mol. The second kappa shape index (κ2) is 4.38. The van der Waals surface area contributed by atoms with Crippen molar-refractivity contribution in [3.05, 3.63) is 41.0 Å². The minimum absolute atomic E-state index is 0.335. The molecule has 1 fully saturated rings. The van der Waals surface area contributed by atoms with E-state index in [2.05, 4.69) is 9.69 Å². The zero-order valence-electron chi connectivity index (χ0n) is 11.5. The molecular formula is C14H15BN2O2. The van der Waals surface area contributed by atoms with Crippen LogP contribution in [0.4, 0.5) is 11.4 Å². The average molecular weight is 254 g/mol. The van der Waals surface area contributed by atoms with Crippen molar-refractivity contribution in [1.29, 1.82) is 0 Å². The molecule has 96 valence electrons. The smallest absolute Gasteiger partial charge is 0.399 e. The normalized spacial score (nSPS) is 19.8. The molecule has 0 radical (unpaired) electrons. The molecule has 5 heteroatoms. The Balaban J connectivity index is 2.36. The number of benzene rings is 1. The quantitative estimate of drug-likeness (QED) is 0.568. The molecule has 0 bridgehead atoms. The largest absolute Gasteiger partial charge is 0.493 e. The third-order valence-corrected chi connectivity index (χ3v) is 3.77. The van der Waals surface area contributed by atoms with Crippen LogP contribution in [0.15, 0.2) is 18.2 Å². The van der Waals surface area contributed by atoms with Crippen LogP contribution in [0.3, 0.4) is 0 Å². The van der Waals surface area contributed by atoms with Crippen molar-refractivity contribution in [3.63, 3.8) is 0 Å². The highest BCUT2D eigenvalue weighted by molar-refractivity contribution is 6.62. The first-order chi connectivity index (χ1) is 8.80. The van der Waals surface area contributed by atoms with Gasteiger partial charge in [0.05, 0.1) is 24.3 Å². The molecule has 1 aliphatic heterocycles. The fraction of sp³-hybridized carbons (Fsp3) is 0.429. The summed E-state index contributed by atoms with van der Waals surface area (Å²) in [6, 6.07) is 5.09. The molecule has 0 saturated carbocycles. The van der Waals surface area contributed by atoms with E-state index in [1.54, 1.807) is 18.2 Å². The van der Waals surface area contributed by atoms with Crippen LogP contribution in [0.25, 0.3) is 9.69 Å². The first-order valence-corrected chi connectivity index (χ1v) is 6.05. The second-order valence-electron chi connectivity index (χ2n) is 5.56. The van der Waals surface area contributed by atoms with Gasteiger partial charge in [-0.25, -0.2) is 0 Å². The van der Waals surface area contributed by atoms with Crippen LogP contribution in [-0.2, 0) is 9.31 Å². The number of hydrogen-bond acceptors (Lipinski definition) is 2. The van der Waals surface area contributed by atoms with Crippen molar-refractivity contribution in [3.8, 4) is 0 Å². The number of rotatable bonds is 1. The number of nitrogens with zero attached hydrogens (tertiary/aromatic N) is 2. The van der Waals surface area contributed by atoms with Gasteiger partial charge in [0, 0.05) is 0 Å². The first-order valence-electron chi connectivity index (χ1n) is 6.05. The fourth-order valence-corrected chi connectivity index (χ4v) is 1.85. The average Bonchev–Trinajstić information content (AvgIpc) is 2.57. The lowest BCUT2D eigenvalue weighted by molar-refractivity contribution is 0.00578. The van der Waals surface area contributed by atoms with E-state index in [9.17, 15) is 0 Å². The zero-order valence-corrected chi connectivity index (χ0v) is 11.5. The van der Waals surface area contributed by atoms with Crippen molar-refractivity contribution < 1.29 is 9.31 Å². The molecule has 0 aromatic heterocycles. The summed E-state index contributed by atoms with van der Waals surface area (Å²) in [4.78, 5) is 6.69. The zero-order chi connectivity index (χ0) is 14.3. The van der Waals surface area contributed by atoms with Gasteiger partial charge in [-0.05, 0) is 33.2 Å². The molecule has 1 heterocycles. The van der Waals surface area contributed by atoms with E-state index in [0.717, 1.165) is 5.46 Å². The summed E-state index contributed by atoms with van der Waals surface area (Å²) in [5.41, 5.74) is 0.651. The summed E-state index contributed by atoms with van der Waals surface area (Å²) < 4.78 is 11.8. The first kappa shape index (κ1) is 13.6. The van der Waals surface area contributed by atoms with Crippen LogP contribution in [-0.4, -0.2) is 18.3 Å². The molecule has 1 aliphatic rings. The molecule has 19 heavy (non-hydrogen) atoms. The molecule has 1 aromatic rings. The monoisotopic (exact) mass is 254 g/mol. The van der Waals surface area contributed by atoms with Gasteiger partial charge in [0.1, 0.15) is 0 Å². The van der Waals surface area contributed by atoms with E-state index in [-0.39, 0.29) is 0 Å². The Morgan fingerprint density at radius 3 is 1.95 bits per heavy atom. The lowest BCUT2D eigenvalue weighted by atomic mass is 9.79. The maximum atomic E-state index is 7.11. The second-order valence-corrected chi connectivity index (χ2v) is 5.56. The summed E-state index contributed by atoms with van der Waals surface area (Å²) >= 11 is 0. The van der Waals surface area contributed by atoms with Gasteiger partial charge in [-0.3, -0.25) is 9.69 Å². The number of hydrogen-bond donors (Lipinski definition) is 0. The molecule has 0 spiro atoms. The summed E-state index contributed by atoms with van der Waals surface area (Å²) in [7, 11) is -0.495. The molecule has 0 N–H and O–H groups in total. The van der Waals surface area contributed by atoms with Crippen LogP contribution in [0.2, 0.25) is 0 Å². The predicted octanol–water partition coefficient (Wildman–Crippen LogP) is 3.09. The van der Waals surface area contributed by atoms with Crippen molar-refractivity contribution >= 4 is 24.0 Å². The van der Waals surface area contributed by atoms with E-state index in [4.69, 9.17) is 22.5 Å². The van der Waals surface area contributed by atoms with Gasteiger partial charge in [-0.1, -0.05) is 18.2 Å². The molecule has 1 aromatic carbocycles. The van der Waals surface area contributed by atoms with Gasteiger partial charge in [0.2, 0.25) is 0 Å². The van der Waals surface area contributed by atoms with Gasteiger partial charge in [0.25, 0.3) is 0 Å². The van der Waals surface area contributed by atoms with Crippen LogP contribution in [0.5, 0.6) is 0 Å². The maximum absolute atomic E-state index is 7.11. The summed E-state index contributed by atoms with van der Waals surface area (Å²) in [6.45, 7) is 22.1. The van der Waals surface area contributed by atoms with Crippen molar-refractivity contribution in [2.75, 3.05) is 0 Å². The van der Waals surface area contributed by atoms with E-state index >= 15 is 0 Å². The Labute approximate surface area is 114 Å². The standard InChI is InChI=1S/C14H15BN2O2/c1-13(2)14(3,4)19-15(18-13)10-7-8-11(16-5)12(9-10)17-6/h7-9H,1-4H3. The van der Waals surface area contributed by atoms with E-state index in [1.807, 2.05) is 27.7 Å². The Morgan fingerprint density at radius 2 is 1.47 bits per heavy atom. The molecule has 0 unspecified atom stereocenters. The Morgan fingerprint density at radius 1 is 0.947 bits per heavy atom. The fourth-order valence-electron chi connectivity index (χ4n) is 1.85. The van der Waals surface area contributed by atoms with Gasteiger partial charge in [0.15, 0.2) is 11.4 Å². The lowest BCUT2D eigenvalue weighted by Gasteiger charge is -2.32. The SMILES string of the molecule is [C-]#[N+]c1ccc(B2OC(C)(C)C(C)(C)O2)cc1[N+]#[C-]. The lowest BCUT2D eigenvalue weighted by Crippen LogP contribution is -2.41. The Hall–Kier alpha value is -1.82. The highest BCUT2D eigenvalue weighted by Gasteiger charge is 2.51. The highest BCUT2D eigenvalue weighted by atomic mass is 16.7. The molecule has 0 amide bonds. The summed E-state index contributed by atoms with van der Waals surface area (Å²) in [5, 5.41) is 0. The molecule has 4 nitrogen and oxygen atoms in total. The van der Waals surface area contributed by atoms with Crippen LogP contribution < -0.4 is 5.46 Å². The van der Waals surface area contributed by atoms with Crippen molar-refractivity contribution in [2.45, 2.75) is 38.9 Å².